The highest BCUT2D eigenvalue weighted by Gasteiger charge is 2.58. The molecular formula is C37H42FN7O7S2. The second-order valence-electron chi connectivity index (χ2n) is 14.3. The highest BCUT2D eigenvalue weighted by Crippen LogP contribution is 2.45. The van der Waals surface area contributed by atoms with E-state index in [9.17, 15) is 32.0 Å². The number of sulfonamides is 1. The fraction of sp³-hybridized carbons (Fsp3) is 0.486. The summed E-state index contributed by atoms with van der Waals surface area (Å²) in [5.74, 6) is -3.85. The Bertz CT molecular complexity index is 2120. The maximum Gasteiger partial charge on any atom is 0.280 e. The molecule has 14 nitrogen and oxygen atoms in total. The van der Waals surface area contributed by atoms with Crippen molar-refractivity contribution in [1.29, 1.82) is 0 Å². The first-order valence-electron chi connectivity index (χ1n) is 18.2. The van der Waals surface area contributed by atoms with Crippen LogP contribution in [0.25, 0.3) is 11.0 Å². The van der Waals surface area contributed by atoms with Gasteiger partial charge in [-0.2, -0.15) is 0 Å². The number of amides is 4. The van der Waals surface area contributed by atoms with Crippen LogP contribution in [0.4, 0.5) is 4.39 Å². The van der Waals surface area contributed by atoms with Gasteiger partial charge in [0.1, 0.15) is 34.9 Å². The molecule has 1 aromatic carbocycles. The molecule has 286 valence electrons. The number of rotatable bonds is 8. The molecule has 1 saturated heterocycles. The molecule has 2 aliphatic heterocycles. The van der Waals surface area contributed by atoms with Gasteiger partial charge in [0.15, 0.2) is 10.8 Å². The van der Waals surface area contributed by atoms with Crippen LogP contribution in [0.2, 0.25) is 0 Å². The van der Waals surface area contributed by atoms with Gasteiger partial charge >= 0.3 is 0 Å². The average molecular weight is 780 g/mol. The van der Waals surface area contributed by atoms with Crippen LogP contribution in [0.5, 0.6) is 5.88 Å². The SMILES string of the molecule is C=C1C[C@@]2(C(=O)NS(=O)(=O)C3CC3)NC(=O)[C@@H]3C[C@@H](Oc4nc5c(F)cccc5nc4CC)CN3C(=O)[C@@H](NC(=O)c3nccs3)CCCCC/C=C\C12. The van der Waals surface area contributed by atoms with Gasteiger partial charge in [0, 0.05) is 30.3 Å². The Morgan fingerprint density at radius 3 is 2.70 bits per heavy atom. The molecule has 1 unspecified atom stereocenters. The predicted molar refractivity (Wildman–Crippen MR) is 197 cm³/mol. The molecule has 2 saturated carbocycles. The molecule has 3 fully saturated rings. The average Bonchev–Trinajstić information content (AvgIpc) is 3.71. The summed E-state index contributed by atoms with van der Waals surface area (Å²) in [5, 5.41) is 6.85. The van der Waals surface area contributed by atoms with Gasteiger partial charge in [-0.05, 0) is 50.7 Å². The van der Waals surface area contributed by atoms with E-state index in [1.54, 1.807) is 17.5 Å². The lowest BCUT2D eigenvalue weighted by Gasteiger charge is -2.49. The van der Waals surface area contributed by atoms with E-state index in [4.69, 9.17) is 4.74 Å². The normalized spacial score (nSPS) is 27.1. The molecule has 0 spiro atoms. The minimum atomic E-state index is -3.97. The molecule has 0 radical (unpaired) electrons. The van der Waals surface area contributed by atoms with Crippen LogP contribution in [0, 0.1) is 11.7 Å². The Labute approximate surface area is 316 Å². The molecule has 2 aromatic heterocycles. The Hall–Kier alpha value is -4.77. The summed E-state index contributed by atoms with van der Waals surface area (Å²) in [7, 11) is -3.97. The summed E-state index contributed by atoms with van der Waals surface area (Å²) in [6.07, 6.45) is 8.55. The molecule has 3 N–H and O–H groups in total. The van der Waals surface area contributed by atoms with Crippen molar-refractivity contribution in [1.82, 2.24) is 35.2 Å². The Morgan fingerprint density at radius 1 is 1.17 bits per heavy atom. The van der Waals surface area contributed by atoms with Gasteiger partial charge in [0.05, 0.1) is 17.3 Å². The number of allylic oxidation sites excluding steroid dienone is 1. The molecule has 4 heterocycles. The first kappa shape index (κ1) is 37.5. The second-order valence-corrected chi connectivity index (χ2v) is 17.2. The number of carbonyl (C=O) groups is 4. The number of aromatic nitrogens is 3. The number of nitrogens with zero attached hydrogens (tertiary/aromatic N) is 4. The zero-order valence-electron chi connectivity index (χ0n) is 29.8. The van der Waals surface area contributed by atoms with Crippen molar-refractivity contribution in [3.63, 3.8) is 0 Å². The standard InChI is InChI=1S/C37H42FN7O7S2/c1-3-26-33(42-30-25(38)11-9-13-27(30)40-26)52-22-18-29-31(46)43-37(36(49)44-54(50,51)23-14-15-23)19-21(2)24(37)10-7-5-4-6-8-12-28(35(48)45(29)20-22)41-32(47)34-39-16-17-53-34/h7,9-11,13,16-17,22-24,28-29H,2-6,8,12,14-15,18-20H2,1H3,(H,41,47)(H,43,46)(H,44,49)/b10-7-/t22-,24?,28+,29+,37-/m1/s1. The highest BCUT2D eigenvalue weighted by molar-refractivity contribution is 7.91. The maximum absolute atomic E-state index is 14.8. The van der Waals surface area contributed by atoms with Gasteiger partial charge in [-0.15, -0.1) is 11.3 Å². The van der Waals surface area contributed by atoms with E-state index >= 15 is 0 Å². The highest BCUT2D eigenvalue weighted by atomic mass is 32.2. The van der Waals surface area contributed by atoms with Crippen molar-refractivity contribution in [3.05, 3.63) is 70.6 Å². The predicted octanol–water partition coefficient (Wildman–Crippen LogP) is 3.49. The van der Waals surface area contributed by atoms with Crippen LogP contribution in [0.15, 0.2) is 54.1 Å². The molecule has 4 aliphatic rings. The fourth-order valence-electron chi connectivity index (χ4n) is 7.44. The van der Waals surface area contributed by atoms with Gasteiger partial charge in [0.25, 0.3) is 11.8 Å². The number of para-hydroxylation sites is 1. The summed E-state index contributed by atoms with van der Waals surface area (Å²) in [6, 6.07) is 2.22. The smallest absolute Gasteiger partial charge is 0.280 e. The number of hydrogen-bond acceptors (Lipinski definition) is 11. The summed E-state index contributed by atoms with van der Waals surface area (Å²) < 4.78 is 49.3. The number of halogens is 1. The molecule has 4 amide bonds. The summed E-state index contributed by atoms with van der Waals surface area (Å²) >= 11 is 1.13. The van der Waals surface area contributed by atoms with Crippen molar-refractivity contribution in [2.75, 3.05) is 6.54 Å². The number of nitrogens with one attached hydrogen (secondary N) is 3. The number of hydrogen-bond donors (Lipinski definition) is 3. The molecule has 2 aliphatic carbocycles. The number of aryl methyl sites for hydroxylation is 1. The Balaban J connectivity index is 1.23. The first-order chi connectivity index (χ1) is 25.9. The zero-order valence-corrected chi connectivity index (χ0v) is 31.4. The van der Waals surface area contributed by atoms with Crippen LogP contribution in [0.1, 0.15) is 80.2 Å². The minimum Gasteiger partial charge on any atom is -0.471 e. The van der Waals surface area contributed by atoms with E-state index in [0.717, 1.165) is 24.2 Å². The third-order valence-electron chi connectivity index (χ3n) is 10.5. The molecule has 7 rings (SSSR count). The first-order valence-corrected chi connectivity index (χ1v) is 20.7. The van der Waals surface area contributed by atoms with Crippen molar-refractivity contribution < 1.29 is 36.7 Å². The lowest BCUT2D eigenvalue weighted by Crippen LogP contribution is -2.70. The minimum absolute atomic E-state index is 0.00897. The molecule has 54 heavy (non-hydrogen) atoms. The summed E-state index contributed by atoms with van der Waals surface area (Å²) in [4.78, 5) is 70.7. The number of ether oxygens (including phenoxy) is 1. The number of fused-ring (bicyclic) bond motifs is 3. The summed E-state index contributed by atoms with van der Waals surface area (Å²) in [6.45, 7) is 5.84. The molecule has 3 aromatic rings. The van der Waals surface area contributed by atoms with E-state index in [0.29, 0.717) is 48.9 Å². The van der Waals surface area contributed by atoms with Crippen molar-refractivity contribution in [2.24, 2.45) is 5.92 Å². The molecular weight excluding hydrogens is 738 g/mol. The second kappa shape index (κ2) is 15.2. The van der Waals surface area contributed by atoms with Crippen molar-refractivity contribution in [3.8, 4) is 5.88 Å². The fourth-order valence-corrected chi connectivity index (χ4v) is 9.34. The van der Waals surface area contributed by atoms with E-state index in [1.165, 1.54) is 23.2 Å². The topological polar surface area (TPSA) is 190 Å². The van der Waals surface area contributed by atoms with Gasteiger partial charge < -0.3 is 20.3 Å². The summed E-state index contributed by atoms with van der Waals surface area (Å²) in [5.41, 5.74) is -0.221. The van der Waals surface area contributed by atoms with Crippen LogP contribution >= 0.6 is 11.3 Å². The van der Waals surface area contributed by atoms with E-state index < -0.39 is 74.4 Å². The lowest BCUT2D eigenvalue weighted by molar-refractivity contribution is -0.143. The van der Waals surface area contributed by atoms with Gasteiger partial charge in [-0.3, -0.25) is 23.9 Å². The molecule has 17 heteroatoms. The lowest BCUT2D eigenvalue weighted by atomic mass is 9.62. The van der Waals surface area contributed by atoms with Crippen LogP contribution in [-0.2, 0) is 30.8 Å². The molecule has 0 bridgehead atoms. The van der Waals surface area contributed by atoms with Gasteiger partial charge in [-0.1, -0.05) is 50.1 Å². The van der Waals surface area contributed by atoms with Crippen molar-refractivity contribution in [2.45, 2.75) is 100 Å². The third kappa shape index (κ3) is 7.47. The monoisotopic (exact) mass is 779 g/mol. The third-order valence-corrected chi connectivity index (χ3v) is 13.1. The van der Waals surface area contributed by atoms with Crippen LogP contribution in [0.3, 0.4) is 0 Å². The largest absolute Gasteiger partial charge is 0.471 e. The van der Waals surface area contributed by atoms with E-state index in [1.807, 2.05) is 13.0 Å². The number of thiazole rings is 1. The van der Waals surface area contributed by atoms with Gasteiger partial charge in [-0.25, -0.2) is 27.8 Å². The Kier molecular flexibility index (Phi) is 10.5. The van der Waals surface area contributed by atoms with Gasteiger partial charge in [0.2, 0.25) is 27.7 Å². The number of benzene rings is 1. The van der Waals surface area contributed by atoms with Crippen LogP contribution < -0.4 is 20.1 Å². The molecule has 5 atom stereocenters. The Morgan fingerprint density at radius 2 is 1.98 bits per heavy atom. The maximum atomic E-state index is 14.8. The van der Waals surface area contributed by atoms with Crippen molar-refractivity contribution >= 4 is 56.0 Å². The van der Waals surface area contributed by atoms with E-state index in [2.05, 4.69) is 36.9 Å². The van der Waals surface area contributed by atoms with E-state index in [-0.39, 0.29) is 42.2 Å². The quantitative estimate of drug-likeness (QED) is 0.286. The zero-order chi connectivity index (χ0) is 38.2. The number of carbonyl (C=O) groups excluding carboxylic acids is 4. The van der Waals surface area contributed by atoms with Crippen LogP contribution in [-0.4, -0.2) is 87.4 Å².